The van der Waals surface area contributed by atoms with Gasteiger partial charge < -0.3 is 5.32 Å². The molecule has 43 heavy (non-hydrogen) atoms. The number of carbonyl (C=O) groups is 1. The van der Waals surface area contributed by atoms with E-state index in [9.17, 15) is 14.4 Å². The van der Waals surface area contributed by atoms with Crippen molar-refractivity contribution >= 4 is 16.8 Å². The van der Waals surface area contributed by atoms with Crippen LogP contribution in [0.1, 0.15) is 45.5 Å². The number of para-hydroxylation sites is 1. The number of hydrogen-bond acceptors (Lipinski definition) is 4. The zero-order valence-electron chi connectivity index (χ0n) is 24.4. The van der Waals surface area contributed by atoms with Crippen molar-refractivity contribution in [3.05, 3.63) is 152 Å². The molecule has 6 rings (SSSR count). The molecular formula is C36H36N4O3. The summed E-state index contributed by atoms with van der Waals surface area (Å²) in [6.07, 6.45) is 1.83. The second kappa shape index (κ2) is 12.6. The summed E-state index contributed by atoms with van der Waals surface area (Å²) in [7, 11) is 0. The highest BCUT2D eigenvalue weighted by Crippen LogP contribution is 2.16. The summed E-state index contributed by atoms with van der Waals surface area (Å²) in [4.78, 5) is 42.6. The number of rotatable bonds is 8. The molecule has 7 heteroatoms. The monoisotopic (exact) mass is 572 g/mol. The van der Waals surface area contributed by atoms with Crippen LogP contribution < -0.4 is 16.6 Å². The van der Waals surface area contributed by atoms with E-state index in [1.54, 1.807) is 22.8 Å². The van der Waals surface area contributed by atoms with Crippen molar-refractivity contribution in [2.75, 3.05) is 13.1 Å². The lowest BCUT2D eigenvalue weighted by atomic mass is 10.0. The van der Waals surface area contributed by atoms with Gasteiger partial charge in [0.1, 0.15) is 0 Å². The highest BCUT2D eigenvalue weighted by Gasteiger charge is 2.21. The Hall–Kier alpha value is -4.75. The molecule has 1 fully saturated rings. The van der Waals surface area contributed by atoms with Crippen molar-refractivity contribution in [1.82, 2.24) is 19.4 Å². The summed E-state index contributed by atoms with van der Waals surface area (Å²) >= 11 is 0. The summed E-state index contributed by atoms with van der Waals surface area (Å²) in [6.45, 7) is 5.33. The van der Waals surface area contributed by atoms with Gasteiger partial charge in [0, 0.05) is 31.2 Å². The Morgan fingerprint density at radius 3 is 2.12 bits per heavy atom. The lowest BCUT2D eigenvalue weighted by molar-refractivity contribution is 0.0909. The van der Waals surface area contributed by atoms with Crippen molar-refractivity contribution in [2.24, 2.45) is 0 Å². The van der Waals surface area contributed by atoms with Gasteiger partial charge in [0.25, 0.3) is 11.5 Å². The van der Waals surface area contributed by atoms with E-state index in [4.69, 9.17) is 0 Å². The van der Waals surface area contributed by atoms with E-state index in [1.807, 2.05) is 67.6 Å². The van der Waals surface area contributed by atoms with E-state index >= 15 is 0 Å². The molecule has 0 unspecified atom stereocenters. The third kappa shape index (κ3) is 6.37. The molecule has 1 amide bonds. The molecule has 1 aromatic heterocycles. The van der Waals surface area contributed by atoms with Gasteiger partial charge in [0.05, 0.1) is 24.0 Å². The molecule has 0 atom stereocenters. The summed E-state index contributed by atoms with van der Waals surface area (Å²) < 4.78 is 2.96. The van der Waals surface area contributed by atoms with Crippen molar-refractivity contribution in [3.63, 3.8) is 0 Å². The fourth-order valence-electron chi connectivity index (χ4n) is 5.91. The van der Waals surface area contributed by atoms with E-state index in [2.05, 4.69) is 34.5 Å². The first-order chi connectivity index (χ1) is 21.0. The van der Waals surface area contributed by atoms with Gasteiger partial charge in [-0.2, -0.15) is 0 Å². The van der Waals surface area contributed by atoms with Crippen molar-refractivity contribution in [2.45, 2.75) is 45.4 Å². The number of nitrogens with zero attached hydrogens (tertiary/aromatic N) is 3. The largest absolute Gasteiger partial charge is 0.349 e. The first kappa shape index (κ1) is 28.4. The van der Waals surface area contributed by atoms with Crippen molar-refractivity contribution < 1.29 is 4.79 Å². The first-order valence-corrected chi connectivity index (χ1v) is 14.9. The minimum atomic E-state index is -0.354. The minimum Gasteiger partial charge on any atom is -0.349 e. The number of likely N-dealkylation sites (tertiary alicyclic amines) is 1. The lowest BCUT2D eigenvalue weighted by Gasteiger charge is -2.32. The fourth-order valence-corrected chi connectivity index (χ4v) is 5.91. The predicted octanol–water partition coefficient (Wildman–Crippen LogP) is 4.96. The molecule has 0 radical (unpaired) electrons. The number of aryl methyl sites for hydroxylation is 1. The maximum atomic E-state index is 13.7. The van der Waals surface area contributed by atoms with Gasteiger partial charge in [-0.3, -0.25) is 23.6 Å². The van der Waals surface area contributed by atoms with Gasteiger partial charge in [-0.25, -0.2) is 4.79 Å². The molecule has 0 bridgehead atoms. The number of aromatic nitrogens is 2. The SMILES string of the molecule is Cc1ccccc1Cn1c(=O)n(Cc2ccc(C(=O)NC3CCN(Cc4ccccc4)CC3)cc2)c(=O)c2ccccc21. The number of hydrogen-bond donors (Lipinski definition) is 1. The van der Waals surface area contributed by atoms with Crippen LogP contribution in [0.2, 0.25) is 0 Å². The number of piperidine rings is 1. The maximum absolute atomic E-state index is 13.7. The van der Waals surface area contributed by atoms with Crippen LogP contribution in [0.3, 0.4) is 0 Å². The molecule has 218 valence electrons. The van der Waals surface area contributed by atoms with Crippen molar-refractivity contribution in [3.8, 4) is 0 Å². The van der Waals surface area contributed by atoms with E-state index in [-0.39, 0.29) is 29.7 Å². The normalized spacial score (nSPS) is 14.2. The molecule has 0 aliphatic carbocycles. The highest BCUT2D eigenvalue weighted by atomic mass is 16.2. The Balaban J connectivity index is 1.14. The van der Waals surface area contributed by atoms with Gasteiger partial charge in [0.15, 0.2) is 0 Å². The molecule has 0 saturated carbocycles. The summed E-state index contributed by atoms with van der Waals surface area (Å²) in [6, 6.07) is 33.0. The Kier molecular flexibility index (Phi) is 8.34. The van der Waals surface area contributed by atoms with Crippen LogP contribution in [0.25, 0.3) is 10.9 Å². The Labute approximate surface area is 251 Å². The van der Waals surface area contributed by atoms with Crippen LogP contribution in [0.4, 0.5) is 0 Å². The van der Waals surface area contributed by atoms with E-state index in [0.29, 0.717) is 23.0 Å². The van der Waals surface area contributed by atoms with Crippen LogP contribution in [0, 0.1) is 6.92 Å². The molecule has 1 N–H and O–H groups in total. The van der Waals surface area contributed by atoms with Crippen LogP contribution in [0.5, 0.6) is 0 Å². The van der Waals surface area contributed by atoms with E-state index in [1.165, 1.54) is 10.1 Å². The van der Waals surface area contributed by atoms with Crippen LogP contribution in [-0.2, 0) is 19.6 Å². The third-order valence-corrected chi connectivity index (χ3v) is 8.45. The molecule has 1 aliphatic heterocycles. The summed E-state index contributed by atoms with van der Waals surface area (Å²) in [5, 5.41) is 3.69. The Morgan fingerprint density at radius 2 is 1.37 bits per heavy atom. The van der Waals surface area contributed by atoms with Gasteiger partial charge in [-0.05, 0) is 66.3 Å². The molecule has 1 aliphatic rings. The van der Waals surface area contributed by atoms with Crippen molar-refractivity contribution in [1.29, 1.82) is 0 Å². The Morgan fingerprint density at radius 1 is 0.721 bits per heavy atom. The summed E-state index contributed by atoms with van der Waals surface area (Å²) in [5.41, 5.74) is 4.71. The second-order valence-corrected chi connectivity index (χ2v) is 11.4. The number of amides is 1. The zero-order chi connectivity index (χ0) is 29.8. The quantitative estimate of drug-likeness (QED) is 0.285. The van der Waals surface area contributed by atoms with E-state index < -0.39 is 0 Å². The van der Waals surface area contributed by atoms with Gasteiger partial charge in [-0.15, -0.1) is 0 Å². The van der Waals surface area contributed by atoms with Gasteiger partial charge in [-0.1, -0.05) is 78.9 Å². The number of nitrogens with one attached hydrogen (secondary N) is 1. The predicted molar refractivity (Wildman–Crippen MR) is 171 cm³/mol. The maximum Gasteiger partial charge on any atom is 0.332 e. The number of benzene rings is 4. The molecule has 0 spiro atoms. The molecule has 1 saturated heterocycles. The number of fused-ring (bicyclic) bond motifs is 1. The van der Waals surface area contributed by atoms with Crippen LogP contribution in [0.15, 0.2) is 113 Å². The summed E-state index contributed by atoms with van der Waals surface area (Å²) in [5.74, 6) is -0.100. The second-order valence-electron chi connectivity index (χ2n) is 11.4. The topological polar surface area (TPSA) is 76.3 Å². The molecule has 2 heterocycles. The molecule has 7 nitrogen and oxygen atoms in total. The van der Waals surface area contributed by atoms with Gasteiger partial charge in [0.2, 0.25) is 0 Å². The third-order valence-electron chi connectivity index (χ3n) is 8.45. The number of carbonyl (C=O) groups excluding carboxylic acids is 1. The average molecular weight is 573 g/mol. The average Bonchev–Trinajstić information content (AvgIpc) is 3.04. The zero-order valence-corrected chi connectivity index (χ0v) is 24.4. The highest BCUT2D eigenvalue weighted by molar-refractivity contribution is 5.94. The Bertz CT molecular complexity index is 1850. The van der Waals surface area contributed by atoms with Gasteiger partial charge >= 0.3 is 5.69 Å². The molecule has 5 aromatic rings. The van der Waals surface area contributed by atoms with Crippen LogP contribution in [-0.4, -0.2) is 39.1 Å². The molecular weight excluding hydrogens is 536 g/mol. The smallest absolute Gasteiger partial charge is 0.332 e. The standard InChI is InChI=1S/C36H36N4O3/c1-26-9-5-6-12-30(26)25-39-33-14-8-7-13-32(33)35(42)40(36(39)43)24-28-15-17-29(18-16-28)34(41)37-31-19-21-38(22-20-31)23-27-10-3-2-4-11-27/h2-18,31H,19-25H2,1H3,(H,37,41). The first-order valence-electron chi connectivity index (χ1n) is 14.9. The van der Waals surface area contributed by atoms with Crippen LogP contribution >= 0.6 is 0 Å². The van der Waals surface area contributed by atoms with E-state index in [0.717, 1.165) is 49.2 Å². The minimum absolute atomic E-state index is 0.100. The molecule has 4 aromatic carbocycles. The lowest BCUT2D eigenvalue weighted by Crippen LogP contribution is -2.44. The fraction of sp³-hybridized carbons (Fsp3) is 0.250.